The quantitative estimate of drug-likeness (QED) is 0.738. The smallest absolute Gasteiger partial charge is 0.305 e. The van der Waals surface area contributed by atoms with Crippen LogP contribution in [0.5, 0.6) is 0 Å². The Balaban J connectivity index is 2.78. The first-order valence-electron chi connectivity index (χ1n) is 6.25. The van der Waals surface area contributed by atoms with Gasteiger partial charge in [-0.25, -0.2) is 4.98 Å². The van der Waals surface area contributed by atoms with E-state index in [1.807, 2.05) is 20.8 Å². The number of aromatic nitrogens is 2. The minimum absolute atomic E-state index is 0.0499. The zero-order valence-electron chi connectivity index (χ0n) is 11.8. The lowest BCUT2D eigenvalue weighted by molar-refractivity contribution is -0.137. The Kier molecular flexibility index (Phi) is 5.01. The molecule has 20 heavy (non-hydrogen) atoms. The van der Waals surface area contributed by atoms with Crippen LogP contribution < -0.4 is 10.9 Å². The molecule has 0 aromatic carbocycles. The van der Waals surface area contributed by atoms with Gasteiger partial charge in [0.05, 0.1) is 12.6 Å². The van der Waals surface area contributed by atoms with Crippen molar-refractivity contribution in [2.75, 3.05) is 0 Å². The Hall–Kier alpha value is -2.18. The molecule has 0 bridgehead atoms. The van der Waals surface area contributed by atoms with E-state index in [1.54, 1.807) is 0 Å². The maximum absolute atomic E-state index is 11.9. The van der Waals surface area contributed by atoms with Gasteiger partial charge >= 0.3 is 5.97 Å². The molecule has 7 nitrogen and oxygen atoms in total. The molecule has 1 rings (SSSR count). The molecule has 1 unspecified atom stereocenters. The Bertz CT molecular complexity index is 525. The molecule has 7 heteroatoms. The minimum atomic E-state index is -0.978. The third kappa shape index (κ3) is 5.64. The average Bonchev–Trinajstić information content (AvgIpc) is 2.26. The van der Waals surface area contributed by atoms with Crippen LogP contribution in [0.4, 0.5) is 0 Å². The number of aromatic amines is 1. The van der Waals surface area contributed by atoms with Crippen LogP contribution in [-0.4, -0.2) is 33.0 Å². The van der Waals surface area contributed by atoms with Crippen LogP contribution in [0.3, 0.4) is 0 Å². The van der Waals surface area contributed by atoms with E-state index >= 15 is 0 Å². The topological polar surface area (TPSA) is 112 Å². The number of H-pyrrole nitrogens is 1. The van der Waals surface area contributed by atoms with Gasteiger partial charge in [0, 0.05) is 12.2 Å². The van der Waals surface area contributed by atoms with Gasteiger partial charge in [-0.05, 0) is 11.8 Å². The summed E-state index contributed by atoms with van der Waals surface area (Å²) in [5.41, 5.74) is -0.474. The second-order valence-electron chi connectivity index (χ2n) is 5.83. The number of nitrogens with one attached hydrogen (secondary N) is 2. The summed E-state index contributed by atoms with van der Waals surface area (Å²) in [6.07, 6.45) is 2.57. The number of rotatable bonds is 5. The second-order valence-corrected chi connectivity index (χ2v) is 5.83. The maximum Gasteiger partial charge on any atom is 0.305 e. The van der Waals surface area contributed by atoms with Crippen molar-refractivity contribution in [3.05, 3.63) is 28.4 Å². The number of aliphatic carboxylic acids is 1. The van der Waals surface area contributed by atoms with E-state index in [0.717, 1.165) is 6.20 Å². The SMILES string of the molecule is CC(C)(C)CC(CC(=O)O)NC(=O)c1c[nH]c(=O)cn1. The summed E-state index contributed by atoms with van der Waals surface area (Å²) >= 11 is 0. The van der Waals surface area contributed by atoms with Gasteiger partial charge in [-0.15, -0.1) is 0 Å². The number of carboxylic acids is 1. The third-order valence-corrected chi connectivity index (χ3v) is 2.52. The molecule has 0 saturated heterocycles. The number of amides is 1. The lowest BCUT2D eigenvalue weighted by atomic mass is 9.87. The van der Waals surface area contributed by atoms with E-state index in [9.17, 15) is 14.4 Å². The summed E-state index contributed by atoms with van der Waals surface area (Å²) in [5.74, 6) is -1.48. The summed E-state index contributed by atoms with van der Waals surface area (Å²) in [7, 11) is 0. The summed E-state index contributed by atoms with van der Waals surface area (Å²) in [4.78, 5) is 39.7. The van der Waals surface area contributed by atoms with Crippen LogP contribution in [0.25, 0.3) is 0 Å². The highest BCUT2D eigenvalue weighted by atomic mass is 16.4. The van der Waals surface area contributed by atoms with Gasteiger partial charge in [0.25, 0.3) is 11.5 Å². The van der Waals surface area contributed by atoms with E-state index in [4.69, 9.17) is 5.11 Å². The minimum Gasteiger partial charge on any atom is -0.481 e. The van der Waals surface area contributed by atoms with Crippen LogP contribution in [-0.2, 0) is 4.79 Å². The molecule has 0 fully saturated rings. The molecule has 0 aliphatic carbocycles. The molecule has 1 aromatic rings. The molecule has 0 saturated carbocycles. The Morgan fingerprint density at radius 1 is 1.45 bits per heavy atom. The average molecular weight is 281 g/mol. The van der Waals surface area contributed by atoms with Crippen LogP contribution in [0.2, 0.25) is 0 Å². The van der Waals surface area contributed by atoms with Crippen LogP contribution in [0, 0.1) is 5.41 Å². The molecular weight excluding hydrogens is 262 g/mol. The fraction of sp³-hybridized carbons (Fsp3) is 0.538. The van der Waals surface area contributed by atoms with Gasteiger partial charge in [-0.3, -0.25) is 14.4 Å². The molecule has 0 spiro atoms. The first kappa shape index (κ1) is 15.9. The fourth-order valence-corrected chi connectivity index (χ4v) is 1.85. The largest absolute Gasteiger partial charge is 0.481 e. The molecule has 3 N–H and O–H groups in total. The fourth-order valence-electron chi connectivity index (χ4n) is 1.85. The highest BCUT2D eigenvalue weighted by molar-refractivity contribution is 5.92. The van der Waals surface area contributed by atoms with Crippen molar-refractivity contribution in [2.24, 2.45) is 5.41 Å². The van der Waals surface area contributed by atoms with Gasteiger partial charge in [0.1, 0.15) is 5.69 Å². The maximum atomic E-state index is 11.9. The highest BCUT2D eigenvalue weighted by Gasteiger charge is 2.23. The summed E-state index contributed by atoms with van der Waals surface area (Å²) in [6, 6.07) is -0.492. The van der Waals surface area contributed by atoms with Gasteiger partial charge in [0.2, 0.25) is 0 Å². The Labute approximate surface area is 116 Å². The Morgan fingerprint density at radius 3 is 2.55 bits per heavy atom. The normalized spacial score (nSPS) is 12.8. The van der Waals surface area contributed by atoms with Crippen molar-refractivity contribution in [1.29, 1.82) is 0 Å². The predicted molar refractivity (Wildman–Crippen MR) is 72.4 cm³/mol. The van der Waals surface area contributed by atoms with Crippen molar-refractivity contribution in [3.8, 4) is 0 Å². The number of carbonyl (C=O) groups is 2. The lowest BCUT2D eigenvalue weighted by Gasteiger charge is -2.25. The van der Waals surface area contributed by atoms with Gasteiger partial charge in [-0.1, -0.05) is 20.8 Å². The number of nitrogens with zero attached hydrogens (tertiary/aromatic N) is 1. The molecule has 1 amide bonds. The second kappa shape index (κ2) is 6.31. The first-order valence-corrected chi connectivity index (χ1v) is 6.25. The number of carboxylic acid groups (broad SMARTS) is 1. The molecule has 1 aromatic heterocycles. The lowest BCUT2D eigenvalue weighted by Crippen LogP contribution is -2.39. The van der Waals surface area contributed by atoms with Crippen molar-refractivity contribution in [1.82, 2.24) is 15.3 Å². The summed E-state index contributed by atoms with van der Waals surface area (Å²) in [6.45, 7) is 5.89. The molecule has 0 radical (unpaired) electrons. The Morgan fingerprint density at radius 2 is 2.10 bits per heavy atom. The monoisotopic (exact) mass is 281 g/mol. The van der Waals surface area contributed by atoms with E-state index in [-0.39, 0.29) is 17.5 Å². The van der Waals surface area contributed by atoms with E-state index < -0.39 is 23.5 Å². The first-order chi connectivity index (χ1) is 9.17. The molecule has 0 aliphatic rings. The van der Waals surface area contributed by atoms with Crippen LogP contribution in [0.15, 0.2) is 17.2 Å². The number of hydrogen-bond acceptors (Lipinski definition) is 4. The highest BCUT2D eigenvalue weighted by Crippen LogP contribution is 2.22. The van der Waals surface area contributed by atoms with Crippen LogP contribution in [0.1, 0.15) is 44.1 Å². The van der Waals surface area contributed by atoms with E-state index in [1.165, 1.54) is 6.20 Å². The summed E-state index contributed by atoms with van der Waals surface area (Å²) < 4.78 is 0. The van der Waals surface area contributed by atoms with Gasteiger partial charge < -0.3 is 15.4 Å². The molecule has 1 atom stereocenters. The van der Waals surface area contributed by atoms with Crippen molar-refractivity contribution in [3.63, 3.8) is 0 Å². The zero-order valence-corrected chi connectivity index (χ0v) is 11.8. The van der Waals surface area contributed by atoms with Crippen molar-refractivity contribution >= 4 is 11.9 Å². The third-order valence-electron chi connectivity index (χ3n) is 2.52. The molecule has 1 heterocycles. The zero-order chi connectivity index (χ0) is 15.3. The predicted octanol–water partition coefficient (Wildman–Crippen LogP) is 0.779. The van der Waals surface area contributed by atoms with Crippen molar-refractivity contribution in [2.45, 2.75) is 39.7 Å². The van der Waals surface area contributed by atoms with Crippen LogP contribution >= 0.6 is 0 Å². The van der Waals surface area contributed by atoms with Crippen molar-refractivity contribution < 1.29 is 14.7 Å². The summed E-state index contributed by atoms with van der Waals surface area (Å²) in [5, 5.41) is 11.5. The van der Waals surface area contributed by atoms with Gasteiger partial charge in [-0.2, -0.15) is 0 Å². The van der Waals surface area contributed by atoms with E-state index in [0.29, 0.717) is 6.42 Å². The number of hydrogen-bond donors (Lipinski definition) is 3. The number of carbonyl (C=O) groups excluding carboxylic acids is 1. The van der Waals surface area contributed by atoms with E-state index in [2.05, 4.69) is 15.3 Å². The molecule has 110 valence electrons. The molecule has 0 aliphatic heterocycles. The van der Waals surface area contributed by atoms with Gasteiger partial charge in [0.15, 0.2) is 0 Å². The standard InChI is InChI=1S/C13H19N3O4/c1-13(2,3)5-8(4-11(18)19)16-12(20)9-6-15-10(17)7-14-9/h6-8H,4-5H2,1-3H3,(H,15,17)(H,16,20)(H,18,19). The molecular formula is C13H19N3O4.